The Balaban J connectivity index is 2.60. The van der Waals surface area contributed by atoms with Crippen LogP contribution in [0.1, 0.15) is 12.5 Å². The summed E-state index contributed by atoms with van der Waals surface area (Å²) in [5.41, 5.74) is 0.439. The lowest BCUT2D eigenvalue weighted by molar-refractivity contribution is -0.120. The third-order valence-electron chi connectivity index (χ3n) is 3.34. The van der Waals surface area contributed by atoms with Crippen LogP contribution in [-0.4, -0.2) is 57.2 Å². The van der Waals surface area contributed by atoms with Crippen LogP contribution in [0.4, 0.5) is 4.39 Å². The van der Waals surface area contributed by atoms with E-state index in [0.717, 1.165) is 0 Å². The molecule has 0 saturated carbocycles. The number of hydrogen-bond acceptors (Lipinski definition) is 4. The van der Waals surface area contributed by atoms with Gasteiger partial charge in [-0.2, -0.15) is 0 Å². The number of halogens is 1. The highest BCUT2D eigenvalue weighted by Gasteiger charge is 2.18. The van der Waals surface area contributed by atoms with Gasteiger partial charge >= 0.3 is 0 Å². The fourth-order valence-corrected chi connectivity index (χ4v) is 2.15. The largest absolute Gasteiger partial charge is 0.383 e. The summed E-state index contributed by atoms with van der Waals surface area (Å²) in [6, 6.07) is 6.48. The van der Waals surface area contributed by atoms with Gasteiger partial charge in [-0.3, -0.25) is 9.69 Å². The van der Waals surface area contributed by atoms with Crippen LogP contribution in [0.25, 0.3) is 0 Å². The third kappa shape index (κ3) is 6.33. The van der Waals surface area contributed by atoms with Crippen molar-refractivity contribution in [2.75, 3.05) is 40.5 Å². The van der Waals surface area contributed by atoms with Crippen molar-refractivity contribution >= 4 is 5.78 Å². The van der Waals surface area contributed by atoms with Crippen LogP contribution in [0.3, 0.4) is 0 Å². The highest BCUT2D eigenvalue weighted by atomic mass is 19.1. The van der Waals surface area contributed by atoms with Gasteiger partial charge in [-0.05, 0) is 18.6 Å². The monoisotopic (exact) mass is 297 g/mol. The van der Waals surface area contributed by atoms with E-state index in [9.17, 15) is 9.18 Å². The zero-order chi connectivity index (χ0) is 15.7. The first-order chi connectivity index (χ1) is 10.1. The molecule has 0 amide bonds. The van der Waals surface area contributed by atoms with Crippen LogP contribution in [-0.2, 0) is 20.7 Å². The van der Waals surface area contributed by atoms with Crippen molar-refractivity contribution in [1.82, 2.24) is 4.90 Å². The molecule has 0 spiro atoms. The Kier molecular flexibility index (Phi) is 8.12. The summed E-state index contributed by atoms with van der Waals surface area (Å²) in [5.74, 6) is -0.349. The van der Waals surface area contributed by atoms with Gasteiger partial charge in [-0.1, -0.05) is 18.2 Å². The van der Waals surface area contributed by atoms with Crippen LogP contribution in [0, 0.1) is 5.82 Å². The molecule has 0 bridgehead atoms. The molecule has 0 aromatic heterocycles. The molecule has 0 fully saturated rings. The minimum atomic E-state index is -0.334. The standard InChI is InChI=1S/C16H24FNO3/c1-13(12-21-3)18(8-9-20-2)11-15(19)10-14-6-4-5-7-16(14)17/h4-7,13H,8-12H2,1-3H3. The van der Waals surface area contributed by atoms with Gasteiger partial charge in [-0.15, -0.1) is 0 Å². The molecule has 1 unspecified atom stereocenters. The first kappa shape index (κ1) is 17.8. The number of Topliss-reactive ketones (excluding diaryl/α,β-unsaturated/α-hetero) is 1. The Hall–Kier alpha value is -1.30. The molecular formula is C16H24FNO3. The van der Waals surface area contributed by atoms with Crippen molar-refractivity contribution in [2.45, 2.75) is 19.4 Å². The van der Waals surface area contributed by atoms with Crippen LogP contribution >= 0.6 is 0 Å². The SMILES string of the molecule is COCCN(CC(=O)Cc1ccccc1F)C(C)COC. The van der Waals surface area contributed by atoms with Gasteiger partial charge in [-0.25, -0.2) is 4.39 Å². The van der Waals surface area contributed by atoms with E-state index < -0.39 is 0 Å². The zero-order valence-electron chi connectivity index (χ0n) is 13.0. The Morgan fingerprint density at radius 3 is 2.62 bits per heavy atom. The summed E-state index contributed by atoms with van der Waals surface area (Å²) in [6.45, 7) is 3.99. The van der Waals surface area contributed by atoms with Crippen molar-refractivity contribution in [3.63, 3.8) is 0 Å². The van der Waals surface area contributed by atoms with E-state index in [1.165, 1.54) is 6.07 Å². The second kappa shape index (κ2) is 9.60. The number of ether oxygens (including phenoxy) is 2. The number of hydrogen-bond donors (Lipinski definition) is 0. The fraction of sp³-hybridized carbons (Fsp3) is 0.562. The van der Waals surface area contributed by atoms with Gasteiger partial charge in [0.15, 0.2) is 5.78 Å². The number of carbonyl (C=O) groups excluding carboxylic acids is 1. The quantitative estimate of drug-likeness (QED) is 0.661. The summed E-state index contributed by atoms with van der Waals surface area (Å²) in [4.78, 5) is 14.2. The molecule has 21 heavy (non-hydrogen) atoms. The smallest absolute Gasteiger partial charge is 0.151 e. The lowest BCUT2D eigenvalue weighted by Crippen LogP contribution is -2.42. The van der Waals surface area contributed by atoms with Crippen LogP contribution in [0.15, 0.2) is 24.3 Å². The second-order valence-electron chi connectivity index (χ2n) is 5.07. The highest BCUT2D eigenvalue weighted by Crippen LogP contribution is 2.09. The molecule has 0 aliphatic heterocycles. The number of carbonyl (C=O) groups is 1. The predicted octanol–water partition coefficient (Wildman–Crippen LogP) is 1.92. The minimum absolute atomic E-state index is 0.0147. The molecule has 0 saturated heterocycles. The van der Waals surface area contributed by atoms with Crippen molar-refractivity contribution in [1.29, 1.82) is 0 Å². The number of rotatable bonds is 10. The Labute approximate surface area is 125 Å². The van der Waals surface area contributed by atoms with E-state index in [-0.39, 0.29) is 30.6 Å². The van der Waals surface area contributed by atoms with Crippen LogP contribution < -0.4 is 0 Å². The highest BCUT2D eigenvalue weighted by molar-refractivity contribution is 5.82. The topological polar surface area (TPSA) is 38.8 Å². The maximum absolute atomic E-state index is 13.6. The Morgan fingerprint density at radius 2 is 2.00 bits per heavy atom. The number of benzene rings is 1. The number of nitrogens with zero attached hydrogens (tertiary/aromatic N) is 1. The molecule has 0 radical (unpaired) electrons. The molecule has 4 nitrogen and oxygen atoms in total. The normalized spacial score (nSPS) is 12.6. The molecular weight excluding hydrogens is 273 g/mol. The lowest BCUT2D eigenvalue weighted by Gasteiger charge is -2.27. The Bertz CT molecular complexity index is 439. The van der Waals surface area contributed by atoms with Gasteiger partial charge in [0.25, 0.3) is 0 Å². The van der Waals surface area contributed by atoms with E-state index >= 15 is 0 Å². The second-order valence-corrected chi connectivity index (χ2v) is 5.07. The first-order valence-corrected chi connectivity index (χ1v) is 7.05. The van der Waals surface area contributed by atoms with E-state index in [4.69, 9.17) is 9.47 Å². The maximum Gasteiger partial charge on any atom is 0.151 e. The lowest BCUT2D eigenvalue weighted by atomic mass is 10.1. The summed E-state index contributed by atoms with van der Waals surface area (Å²) in [7, 11) is 3.26. The minimum Gasteiger partial charge on any atom is -0.383 e. The summed E-state index contributed by atoms with van der Waals surface area (Å²) >= 11 is 0. The molecule has 1 rings (SSSR count). The number of methoxy groups -OCH3 is 2. The molecule has 1 aromatic rings. The average Bonchev–Trinajstić information content (AvgIpc) is 2.46. The van der Waals surface area contributed by atoms with Gasteiger partial charge in [0.05, 0.1) is 19.8 Å². The molecule has 0 heterocycles. The molecule has 1 atom stereocenters. The zero-order valence-corrected chi connectivity index (χ0v) is 13.0. The Morgan fingerprint density at radius 1 is 1.29 bits per heavy atom. The maximum atomic E-state index is 13.6. The molecule has 0 aliphatic carbocycles. The third-order valence-corrected chi connectivity index (χ3v) is 3.34. The van der Waals surface area contributed by atoms with E-state index in [2.05, 4.69) is 0 Å². The molecule has 5 heteroatoms. The molecule has 0 aliphatic rings. The predicted molar refractivity (Wildman–Crippen MR) is 79.9 cm³/mol. The summed E-state index contributed by atoms with van der Waals surface area (Å²) in [5, 5.41) is 0. The van der Waals surface area contributed by atoms with Gasteiger partial charge < -0.3 is 9.47 Å². The fourth-order valence-electron chi connectivity index (χ4n) is 2.15. The van der Waals surface area contributed by atoms with Crippen LogP contribution in [0.2, 0.25) is 0 Å². The average molecular weight is 297 g/mol. The van der Waals surface area contributed by atoms with Crippen molar-refractivity contribution in [3.8, 4) is 0 Å². The van der Waals surface area contributed by atoms with Crippen molar-refractivity contribution in [3.05, 3.63) is 35.6 Å². The molecule has 1 aromatic carbocycles. The van der Waals surface area contributed by atoms with E-state index in [0.29, 0.717) is 25.3 Å². The molecule has 118 valence electrons. The summed E-state index contributed by atoms with van der Waals surface area (Å²) < 4.78 is 23.8. The van der Waals surface area contributed by atoms with Gasteiger partial charge in [0.2, 0.25) is 0 Å². The van der Waals surface area contributed by atoms with E-state index in [1.54, 1.807) is 32.4 Å². The van der Waals surface area contributed by atoms with Gasteiger partial charge in [0.1, 0.15) is 5.82 Å². The van der Waals surface area contributed by atoms with Crippen LogP contribution in [0.5, 0.6) is 0 Å². The first-order valence-electron chi connectivity index (χ1n) is 7.05. The van der Waals surface area contributed by atoms with E-state index in [1.807, 2.05) is 11.8 Å². The van der Waals surface area contributed by atoms with Gasteiger partial charge in [0, 0.05) is 33.2 Å². The number of ketones is 1. The molecule has 0 N–H and O–H groups in total. The summed E-state index contributed by atoms with van der Waals surface area (Å²) in [6.07, 6.45) is 0.107. The van der Waals surface area contributed by atoms with Crippen molar-refractivity contribution in [2.24, 2.45) is 0 Å². The van der Waals surface area contributed by atoms with Crippen molar-refractivity contribution < 1.29 is 18.7 Å².